The third kappa shape index (κ3) is 7.59. The molecule has 36 heavy (non-hydrogen) atoms. The first-order chi connectivity index (χ1) is 17.4. The first-order valence-corrected chi connectivity index (χ1v) is 11.6. The quantitative estimate of drug-likeness (QED) is 0.283. The van der Waals surface area contributed by atoms with Gasteiger partial charge < -0.3 is 30.2 Å². The number of rotatable bonds is 12. The number of alkyl carbamates (subject to hydrolysis) is 1. The van der Waals surface area contributed by atoms with Crippen molar-refractivity contribution in [2.45, 2.75) is 44.9 Å². The van der Waals surface area contributed by atoms with Gasteiger partial charge in [0.1, 0.15) is 18.7 Å². The Hall–Kier alpha value is -4.34. The molecule has 0 aliphatic heterocycles. The molecule has 2 aromatic carbocycles. The van der Waals surface area contributed by atoms with Crippen LogP contribution in [0, 0.1) is 0 Å². The Balaban J connectivity index is 1.55. The van der Waals surface area contributed by atoms with Crippen LogP contribution in [0.25, 0.3) is 10.9 Å². The van der Waals surface area contributed by atoms with E-state index in [1.165, 1.54) is 0 Å². The zero-order valence-corrected chi connectivity index (χ0v) is 19.9. The van der Waals surface area contributed by atoms with E-state index in [-0.39, 0.29) is 32.5 Å². The number of hydrogen-bond acceptors (Lipinski definition) is 6. The van der Waals surface area contributed by atoms with Crippen LogP contribution in [-0.2, 0) is 36.9 Å². The van der Waals surface area contributed by atoms with E-state index < -0.39 is 36.0 Å². The largest absolute Gasteiger partial charge is 0.480 e. The summed E-state index contributed by atoms with van der Waals surface area (Å²) in [4.78, 5) is 51.9. The second kappa shape index (κ2) is 12.9. The number of aliphatic carboxylic acids is 1. The van der Waals surface area contributed by atoms with Crippen molar-refractivity contribution in [3.8, 4) is 0 Å². The van der Waals surface area contributed by atoms with Gasteiger partial charge in [-0.1, -0.05) is 48.5 Å². The fourth-order valence-electron chi connectivity index (χ4n) is 3.66. The number of carbonyl (C=O) groups is 4. The molecule has 0 aliphatic rings. The molecule has 0 spiro atoms. The van der Waals surface area contributed by atoms with Crippen molar-refractivity contribution in [1.82, 2.24) is 15.6 Å². The van der Waals surface area contributed by atoms with Crippen molar-refractivity contribution in [2.24, 2.45) is 0 Å². The second-order valence-electron chi connectivity index (χ2n) is 8.07. The molecule has 1 heterocycles. The molecule has 2 atom stereocenters. The Morgan fingerprint density at radius 1 is 0.944 bits per heavy atom. The molecule has 4 N–H and O–H groups in total. The number of benzene rings is 2. The zero-order chi connectivity index (χ0) is 25.9. The average molecular weight is 496 g/mol. The monoisotopic (exact) mass is 495 g/mol. The van der Waals surface area contributed by atoms with Crippen molar-refractivity contribution in [1.29, 1.82) is 0 Å². The zero-order valence-electron chi connectivity index (χ0n) is 19.9. The third-order valence-corrected chi connectivity index (χ3v) is 5.47. The molecule has 3 aromatic rings. The number of carbonyl (C=O) groups excluding carboxylic acids is 3. The van der Waals surface area contributed by atoms with E-state index in [9.17, 15) is 24.3 Å². The van der Waals surface area contributed by atoms with Gasteiger partial charge in [0, 0.05) is 29.9 Å². The van der Waals surface area contributed by atoms with Gasteiger partial charge in [0.25, 0.3) is 0 Å². The van der Waals surface area contributed by atoms with Crippen molar-refractivity contribution in [2.75, 3.05) is 6.61 Å². The van der Waals surface area contributed by atoms with E-state index in [0.717, 1.165) is 22.0 Å². The van der Waals surface area contributed by atoms with Crippen LogP contribution in [0.3, 0.4) is 0 Å². The summed E-state index contributed by atoms with van der Waals surface area (Å²) in [5, 5.41) is 15.4. The smallest absolute Gasteiger partial charge is 0.408 e. The highest BCUT2D eigenvalue weighted by Gasteiger charge is 2.26. The molecule has 0 aliphatic carbocycles. The van der Waals surface area contributed by atoms with Crippen LogP contribution >= 0.6 is 0 Å². The van der Waals surface area contributed by atoms with Gasteiger partial charge >= 0.3 is 18.0 Å². The number of carboxylic acids is 1. The first-order valence-electron chi connectivity index (χ1n) is 11.6. The molecule has 190 valence electrons. The molecule has 0 saturated heterocycles. The number of H-pyrrole nitrogens is 1. The van der Waals surface area contributed by atoms with E-state index in [0.29, 0.717) is 0 Å². The normalized spacial score (nSPS) is 12.4. The topological polar surface area (TPSA) is 147 Å². The lowest BCUT2D eigenvalue weighted by Crippen LogP contribution is -2.45. The van der Waals surface area contributed by atoms with Crippen LogP contribution in [0.5, 0.6) is 0 Å². The summed E-state index contributed by atoms with van der Waals surface area (Å²) in [6, 6.07) is 14.2. The number of hydrogen-bond donors (Lipinski definition) is 4. The summed E-state index contributed by atoms with van der Waals surface area (Å²) >= 11 is 0. The Morgan fingerprint density at radius 3 is 2.39 bits per heavy atom. The highest BCUT2D eigenvalue weighted by molar-refractivity contribution is 5.87. The number of amides is 2. The van der Waals surface area contributed by atoms with Crippen LogP contribution in [0.4, 0.5) is 4.79 Å². The number of esters is 1. The molecule has 10 heteroatoms. The maximum atomic E-state index is 12.6. The molecule has 3 rings (SSSR count). The number of fused-ring (bicyclic) bond motifs is 1. The van der Waals surface area contributed by atoms with Crippen molar-refractivity contribution >= 4 is 34.8 Å². The number of ether oxygens (including phenoxy) is 2. The molecular weight excluding hydrogens is 466 g/mol. The summed E-state index contributed by atoms with van der Waals surface area (Å²) in [7, 11) is 0. The van der Waals surface area contributed by atoms with Crippen LogP contribution in [-0.4, -0.2) is 52.7 Å². The number of aromatic amines is 1. The van der Waals surface area contributed by atoms with E-state index in [4.69, 9.17) is 9.47 Å². The lowest BCUT2D eigenvalue weighted by molar-refractivity contribution is -0.146. The molecule has 0 bridgehead atoms. The lowest BCUT2D eigenvalue weighted by Gasteiger charge is -2.18. The van der Waals surface area contributed by atoms with Gasteiger partial charge in [-0.05, 0) is 30.5 Å². The molecule has 1 aromatic heterocycles. The van der Waals surface area contributed by atoms with Crippen LogP contribution in [0.2, 0.25) is 0 Å². The van der Waals surface area contributed by atoms with Crippen molar-refractivity contribution in [3.05, 3.63) is 71.9 Å². The van der Waals surface area contributed by atoms with Crippen molar-refractivity contribution in [3.63, 3.8) is 0 Å². The number of nitrogens with one attached hydrogen (secondary N) is 3. The van der Waals surface area contributed by atoms with E-state index in [1.807, 2.05) is 30.3 Å². The maximum absolute atomic E-state index is 12.6. The fraction of sp³-hybridized carbons (Fsp3) is 0.308. The Labute approximate surface area is 208 Å². The van der Waals surface area contributed by atoms with Gasteiger partial charge in [0.05, 0.1) is 6.61 Å². The Kier molecular flexibility index (Phi) is 9.44. The maximum Gasteiger partial charge on any atom is 0.408 e. The summed E-state index contributed by atoms with van der Waals surface area (Å²) in [6.07, 6.45) is 0.662. The lowest BCUT2D eigenvalue weighted by atomic mass is 10.0. The summed E-state index contributed by atoms with van der Waals surface area (Å²) in [6.45, 7) is 1.72. The molecule has 0 radical (unpaired) electrons. The van der Waals surface area contributed by atoms with Crippen molar-refractivity contribution < 1.29 is 33.8 Å². The molecule has 10 nitrogen and oxygen atoms in total. The number of para-hydroxylation sites is 1. The summed E-state index contributed by atoms with van der Waals surface area (Å²) in [5.74, 6) is -2.47. The molecule has 0 fully saturated rings. The van der Waals surface area contributed by atoms with Crippen LogP contribution in [0.15, 0.2) is 60.8 Å². The minimum Gasteiger partial charge on any atom is -0.480 e. The average Bonchev–Trinajstić information content (AvgIpc) is 3.28. The number of carboxylic acid groups (broad SMARTS) is 1. The van der Waals surface area contributed by atoms with Gasteiger partial charge in [-0.25, -0.2) is 14.4 Å². The van der Waals surface area contributed by atoms with E-state index in [1.54, 1.807) is 37.4 Å². The highest BCUT2D eigenvalue weighted by atomic mass is 16.6. The van der Waals surface area contributed by atoms with Crippen LogP contribution in [0.1, 0.15) is 30.9 Å². The predicted molar refractivity (Wildman–Crippen MR) is 131 cm³/mol. The molecule has 2 amide bonds. The van der Waals surface area contributed by atoms with Gasteiger partial charge in [-0.2, -0.15) is 0 Å². The standard InChI is InChI=1S/C26H29N3O7/c1-2-35-25(33)21(29-26(34)36-16-17-8-4-3-5-9-17)12-13-23(30)28-22(24(31)32)14-18-15-27-20-11-7-6-10-19(18)20/h3-11,15,21-22,27H,2,12-14,16H2,1H3,(H,28,30)(H,29,34)(H,31,32)/t21-,22-/m1/s1. The second-order valence-corrected chi connectivity index (χ2v) is 8.07. The summed E-state index contributed by atoms with van der Waals surface area (Å²) in [5.41, 5.74) is 2.39. The SMILES string of the molecule is CCOC(=O)[C@@H](CCC(=O)N[C@H](Cc1c[nH]c2ccccc12)C(=O)O)NC(=O)OCc1ccccc1. The fourth-order valence-corrected chi connectivity index (χ4v) is 3.66. The minimum absolute atomic E-state index is 0.0107. The summed E-state index contributed by atoms with van der Waals surface area (Å²) < 4.78 is 10.1. The third-order valence-electron chi connectivity index (χ3n) is 5.47. The van der Waals surface area contributed by atoms with Crippen LogP contribution < -0.4 is 10.6 Å². The van der Waals surface area contributed by atoms with E-state index >= 15 is 0 Å². The first kappa shape index (κ1) is 26.3. The van der Waals surface area contributed by atoms with E-state index in [2.05, 4.69) is 15.6 Å². The molecule has 0 saturated carbocycles. The van der Waals surface area contributed by atoms with Gasteiger partial charge in [0.15, 0.2) is 0 Å². The molecule has 0 unspecified atom stereocenters. The van der Waals surface area contributed by atoms with Gasteiger partial charge in [-0.3, -0.25) is 4.79 Å². The predicted octanol–water partition coefficient (Wildman–Crippen LogP) is 2.92. The Morgan fingerprint density at radius 2 is 1.67 bits per heavy atom. The minimum atomic E-state index is -1.18. The molecular formula is C26H29N3O7. The van der Waals surface area contributed by atoms with Gasteiger partial charge in [0.2, 0.25) is 5.91 Å². The number of aromatic nitrogens is 1. The van der Waals surface area contributed by atoms with Gasteiger partial charge in [-0.15, -0.1) is 0 Å². The Bertz CT molecular complexity index is 1190. The highest BCUT2D eigenvalue weighted by Crippen LogP contribution is 2.19.